The fourth-order valence-corrected chi connectivity index (χ4v) is 3.20. The lowest BCUT2D eigenvalue weighted by atomic mass is 9.77. The van der Waals surface area contributed by atoms with Crippen molar-refractivity contribution < 1.29 is 9.90 Å². The SMILES string of the molecule is CCN(CCO)C(=O)C1(CC(C)C)CCCC1. The van der Waals surface area contributed by atoms with Crippen molar-refractivity contribution in [3.63, 3.8) is 0 Å². The van der Waals surface area contributed by atoms with Crippen LogP contribution in [0.3, 0.4) is 0 Å². The summed E-state index contributed by atoms with van der Waals surface area (Å²) in [7, 11) is 0. The maximum absolute atomic E-state index is 12.6. The molecule has 0 aromatic heterocycles. The van der Waals surface area contributed by atoms with Gasteiger partial charge in [0, 0.05) is 18.5 Å². The Balaban J connectivity index is 2.78. The summed E-state index contributed by atoms with van der Waals surface area (Å²) >= 11 is 0. The molecule has 1 aliphatic carbocycles. The van der Waals surface area contributed by atoms with Crippen LogP contribution in [-0.4, -0.2) is 35.6 Å². The number of amides is 1. The molecule has 1 fully saturated rings. The van der Waals surface area contributed by atoms with Gasteiger partial charge in [0.2, 0.25) is 5.91 Å². The number of carbonyl (C=O) groups is 1. The Morgan fingerprint density at radius 3 is 2.35 bits per heavy atom. The molecule has 3 heteroatoms. The van der Waals surface area contributed by atoms with Crippen LogP contribution in [0.5, 0.6) is 0 Å². The molecule has 1 aliphatic rings. The summed E-state index contributed by atoms with van der Waals surface area (Å²) in [6.07, 6.45) is 5.41. The Morgan fingerprint density at radius 1 is 1.35 bits per heavy atom. The van der Waals surface area contributed by atoms with Gasteiger partial charge < -0.3 is 10.0 Å². The Kier molecular flexibility index (Phi) is 5.44. The van der Waals surface area contributed by atoms with Crippen LogP contribution in [0.2, 0.25) is 0 Å². The maximum atomic E-state index is 12.6. The van der Waals surface area contributed by atoms with E-state index in [1.54, 1.807) is 0 Å². The van der Waals surface area contributed by atoms with Gasteiger partial charge in [0.1, 0.15) is 0 Å². The van der Waals surface area contributed by atoms with Crippen molar-refractivity contribution in [2.24, 2.45) is 11.3 Å². The summed E-state index contributed by atoms with van der Waals surface area (Å²) in [6, 6.07) is 0. The monoisotopic (exact) mass is 241 g/mol. The van der Waals surface area contributed by atoms with Crippen LogP contribution >= 0.6 is 0 Å². The smallest absolute Gasteiger partial charge is 0.228 e. The number of aliphatic hydroxyl groups is 1. The molecule has 1 saturated carbocycles. The third-order valence-corrected chi connectivity index (χ3v) is 3.85. The van der Waals surface area contributed by atoms with E-state index < -0.39 is 0 Å². The maximum Gasteiger partial charge on any atom is 0.228 e. The molecular formula is C14H27NO2. The van der Waals surface area contributed by atoms with Crippen LogP contribution in [0.15, 0.2) is 0 Å². The Morgan fingerprint density at radius 2 is 1.94 bits per heavy atom. The van der Waals surface area contributed by atoms with Crippen molar-refractivity contribution >= 4 is 5.91 Å². The fourth-order valence-electron chi connectivity index (χ4n) is 3.20. The quantitative estimate of drug-likeness (QED) is 0.776. The lowest BCUT2D eigenvalue weighted by molar-refractivity contribution is -0.143. The van der Waals surface area contributed by atoms with Gasteiger partial charge in [-0.15, -0.1) is 0 Å². The molecule has 17 heavy (non-hydrogen) atoms. The van der Waals surface area contributed by atoms with Crippen LogP contribution in [0.4, 0.5) is 0 Å². The topological polar surface area (TPSA) is 40.5 Å². The van der Waals surface area contributed by atoms with Gasteiger partial charge in [0.15, 0.2) is 0 Å². The van der Waals surface area contributed by atoms with Gasteiger partial charge in [-0.1, -0.05) is 26.7 Å². The zero-order valence-electron chi connectivity index (χ0n) is 11.5. The second-order valence-corrected chi connectivity index (χ2v) is 5.69. The van der Waals surface area contributed by atoms with Crippen LogP contribution in [0.25, 0.3) is 0 Å². The summed E-state index contributed by atoms with van der Waals surface area (Å²) in [5.41, 5.74) is -0.126. The summed E-state index contributed by atoms with van der Waals surface area (Å²) < 4.78 is 0. The number of rotatable bonds is 6. The molecule has 0 spiro atoms. The molecule has 0 radical (unpaired) electrons. The first-order chi connectivity index (χ1) is 8.05. The van der Waals surface area contributed by atoms with Crippen LogP contribution in [0.1, 0.15) is 52.9 Å². The highest BCUT2D eigenvalue weighted by atomic mass is 16.3. The molecule has 100 valence electrons. The molecule has 1 amide bonds. The minimum absolute atomic E-state index is 0.0668. The first-order valence-electron chi connectivity index (χ1n) is 6.96. The van der Waals surface area contributed by atoms with E-state index in [0.717, 1.165) is 19.3 Å². The number of likely N-dealkylation sites (N-methyl/N-ethyl adjacent to an activating group) is 1. The molecule has 0 saturated heterocycles. The van der Waals surface area contributed by atoms with Crippen molar-refractivity contribution in [1.29, 1.82) is 0 Å². The fraction of sp³-hybridized carbons (Fsp3) is 0.929. The Hall–Kier alpha value is -0.570. The molecule has 0 bridgehead atoms. The number of nitrogens with zero attached hydrogens (tertiary/aromatic N) is 1. The van der Waals surface area contributed by atoms with Crippen LogP contribution in [-0.2, 0) is 4.79 Å². The van der Waals surface area contributed by atoms with Crippen molar-refractivity contribution in [3.05, 3.63) is 0 Å². The predicted octanol–water partition coefficient (Wildman–Crippen LogP) is 2.43. The largest absolute Gasteiger partial charge is 0.395 e. The highest BCUT2D eigenvalue weighted by molar-refractivity contribution is 5.83. The zero-order valence-corrected chi connectivity index (χ0v) is 11.5. The molecule has 1 N–H and O–H groups in total. The van der Waals surface area contributed by atoms with E-state index in [-0.39, 0.29) is 17.9 Å². The van der Waals surface area contributed by atoms with Crippen LogP contribution < -0.4 is 0 Å². The third kappa shape index (κ3) is 3.44. The van der Waals surface area contributed by atoms with Crippen molar-refractivity contribution in [3.8, 4) is 0 Å². The normalized spacial score (nSPS) is 18.6. The molecule has 0 unspecified atom stereocenters. The average Bonchev–Trinajstić information content (AvgIpc) is 2.73. The molecule has 3 nitrogen and oxygen atoms in total. The van der Waals surface area contributed by atoms with Gasteiger partial charge in [-0.25, -0.2) is 0 Å². The van der Waals surface area contributed by atoms with E-state index in [9.17, 15) is 4.79 Å². The van der Waals surface area contributed by atoms with E-state index in [0.29, 0.717) is 19.0 Å². The van der Waals surface area contributed by atoms with E-state index in [4.69, 9.17) is 5.11 Å². The predicted molar refractivity (Wildman–Crippen MR) is 69.7 cm³/mol. The molecule has 0 aliphatic heterocycles. The van der Waals surface area contributed by atoms with Crippen molar-refractivity contribution in [1.82, 2.24) is 4.90 Å². The standard InChI is InChI=1S/C14H27NO2/c1-4-15(9-10-16)13(17)14(11-12(2)3)7-5-6-8-14/h12,16H,4-11H2,1-3H3. The van der Waals surface area contributed by atoms with E-state index in [1.165, 1.54) is 12.8 Å². The minimum Gasteiger partial charge on any atom is -0.395 e. The number of aliphatic hydroxyl groups excluding tert-OH is 1. The summed E-state index contributed by atoms with van der Waals surface area (Å²) in [5, 5.41) is 9.03. The Bertz CT molecular complexity index is 245. The van der Waals surface area contributed by atoms with Gasteiger partial charge in [-0.05, 0) is 32.1 Å². The molecular weight excluding hydrogens is 214 g/mol. The highest BCUT2D eigenvalue weighted by Crippen LogP contribution is 2.44. The molecule has 0 heterocycles. The number of carbonyl (C=O) groups excluding carboxylic acids is 1. The summed E-state index contributed by atoms with van der Waals surface area (Å²) in [5.74, 6) is 0.838. The molecule has 1 rings (SSSR count). The van der Waals surface area contributed by atoms with Gasteiger partial charge in [-0.2, -0.15) is 0 Å². The minimum atomic E-state index is -0.126. The van der Waals surface area contributed by atoms with E-state index in [2.05, 4.69) is 13.8 Å². The second-order valence-electron chi connectivity index (χ2n) is 5.69. The van der Waals surface area contributed by atoms with E-state index in [1.807, 2.05) is 11.8 Å². The summed E-state index contributed by atoms with van der Waals surface area (Å²) in [4.78, 5) is 14.5. The van der Waals surface area contributed by atoms with Gasteiger partial charge >= 0.3 is 0 Å². The van der Waals surface area contributed by atoms with Gasteiger partial charge in [0.25, 0.3) is 0 Å². The first-order valence-corrected chi connectivity index (χ1v) is 6.96. The number of hydrogen-bond donors (Lipinski definition) is 1. The average molecular weight is 241 g/mol. The van der Waals surface area contributed by atoms with Crippen molar-refractivity contribution in [2.45, 2.75) is 52.9 Å². The van der Waals surface area contributed by atoms with Crippen molar-refractivity contribution in [2.75, 3.05) is 19.7 Å². The van der Waals surface area contributed by atoms with Crippen LogP contribution in [0, 0.1) is 11.3 Å². The zero-order chi connectivity index (χ0) is 12.9. The lowest BCUT2D eigenvalue weighted by Crippen LogP contribution is -2.44. The van der Waals surface area contributed by atoms with Gasteiger partial charge in [-0.3, -0.25) is 4.79 Å². The van der Waals surface area contributed by atoms with E-state index >= 15 is 0 Å². The first kappa shape index (κ1) is 14.5. The number of hydrogen-bond acceptors (Lipinski definition) is 2. The third-order valence-electron chi connectivity index (χ3n) is 3.85. The molecule has 0 aromatic carbocycles. The van der Waals surface area contributed by atoms with Gasteiger partial charge in [0.05, 0.1) is 6.61 Å². The molecule has 0 aromatic rings. The summed E-state index contributed by atoms with van der Waals surface area (Å²) in [6.45, 7) is 7.63. The highest BCUT2D eigenvalue weighted by Gasteiger charge is 2.43. The lowest BCUT2D eigenvalue weighted by Gasteiger charge is -2.35. The Labute approximate surface area is 105 Å². The molecule has 0 atom stereocenters. The second kappa shape index (κ2) is 6.39.